The van der Waals surface area contributed by atoms with Crippen molar-refractivity contribution in [2.45, 2.75) is 56.6 Å². The molecular weight excluding hydrogens is 576 g/mol. The number of aliphatic hydroxyl groups excluding tert-OH is 1. The summed E-state index contributed by atoms with van der Waals surface area (Å²) in [6.45, 7) is 1.24. The van der Waals surface area contributed by atoms with Crippen molar-refractivity contribution >= 4 is 0 Å². The summed E-state index contributed by atoms with van der Waals surface area (Å²) in [7, 11) is 0. The minimum atomic E-state index is -1.29. The fourth-order valence-corrected chi connectivity index (χ4v) is 5.73. The fourth-order valence-electron chi connectivity index (χ4n) is 5.73. The van der Waals surface area contributed by atoms with E-state index in [0.717, 1.165) is 27.8 Å². The van der Waals surface area contributed by atoms with Gasteiger partial charge in [0.25, 0.3) is 0 Å². The lowest BCUT2D eigenvalue weighted by atomic mass is 9.96. The molecule has 0 radical (unpaired) electrons. The molecule has 0 unspecified atom stereocenters. The van der Waals surface area contributed by atoms with Crippen molar-refractivity contribution in [3.63, 3.8) is 0 Å². The van der Waals surface area contributed by atoms with Crippen molar-refractivity contribution in [3.05, 3.63) is 179 Å². The topological polar surface area (TPSA) is 66.4 Å². The summed E-state index contributed by atoms with van der Waals surface area (Å²) in [4.78, 5) is 0. The maximum absolute atomic E-state index is 11.6. The summed E-state index contributed by atoms with van der Waals surface area (Å²) in [5, 5.41) is 11.6. The van der Waals surface area contributed by atoms with Crippen LogP contribution in [0.2, 0.25) is 0 Å². The highest BCUT2D eigenvalue weighted by atomic mass is 16.7. The van der Waals surface area contributed by atoms with Crippen molar-refractivity contribution < 1.29 is 28.8 Å². The normalized spacial score (nSPS) is 21.3. The summed E-state index contributed by atoms with van der Waals surface area (Å²) in [5.41, 5.74) is 4.98. The van der Waals surface area contributed by atoms with Crippen LogP contribution in [0.1, 0.15) is 33.9 Å². The van der Waals surface area contributed by atoms with Crippen molar-refractivity contribution in [1.29, 1.82) is 0 Å². The van der Waals surface area contributed by atoms with Crippen LogP contribution >= 0.6 is 0 Å². The van der Waals surface area contributed by atoms with E-state index in [1.54, 1.807) is 0 Å². The number of aliphatic hydroxyl groups is 1. The first-order valence-corrected chi connectivity index (χ1v) is 15.8. The minimum absolute atomic E-state index is 0.199. The Morgan fingerprint density at radius 1 is 0.500 bits per heavy atom. The van der Waals surface area contributed by atoms with Crippen LogP contribution in [0.3, 0.4) is 0 Å². The number of hydrogen-bond donors (Lipinski definition) is 1. The highest BCUT2D eigenvalue weighted by molar-refractivity contribution is 5.30. The molecule has 1 aliphatic heterocycles. The first kappa shape index (κ1) is 31.8. The predicted octanol–water partition coefficient (Wildman–Crippen LogP) is 7.27. The molecule has 0 bridgehead atoms. The van der Waals surface area contributed by atoms with E-state index in [1.165, 1.54) is 0 Å². The molecule has 6 nitrogen and oxygen atoms in total. The average Bonchev–Trinajstić information content (AvgIpc) is 3.12. The van der Waals surface area contributed by atoms with Gasteiger partial charge >= 0.3 is 0 Å². The molecule has 6 rings (SSSR count). The van der Waals surface area contributed by atoms with Crippen LogP contribution in [-0.4, -0.2) is 42.4 Å². The van der Waals surface area contributed by atoms with E-state index >= 15 is 0 Å². The van der Waals surface area contributed by atoms with Crippen molar-refractivity contribution in [1.82, 2.24) is 0 Å². The summed E-state index contributed by atoms with van der Waals surface area (Å²) in [6, 6.07) is 49.9. The fraction of sp³-hybridized carbons (Fsp3) is 0.250. The van der Waals surface area contributed by atoms with Crippen LogP contribution in [0.5, 0.6) is 0 Å². The second-order valence-corrected chi connectivity index (χ2v) is 11.4. The SMILES string of the molecule is O[C@@H]1O[C@H](COCc2ccccc2)[C@@H](OCc2ccccc2)[C@H](OCc2ccccc2)[C@H]1OC(c1ccccc1)c1ccccc1. The molecule has 1 aliphatic rings. The van der Waals surface area contributed by atoms with E-state index in [2.05, 4.69) is 0 Å². The quantitative estimate of drug-likeness (QED) is 0.142. The molecule has 0 saturated carbocycles. The Balaban J connectivity index is 1.31. The minimum Gasteiger partial charge on any atom is -0.374 e. The molecule has 5 aromatic rings. The lowest BCUT2D eigenvalue weighted by Crippen LogP contribution is -2.61. The Kier molecular flexibility index (Phi) is 11.4. The number of hydrogen-bond acceptors (Lipinski definition) is 6. The van der Waals surface area contributed by atoms with Crippen LogP contribution in [-0.2, 0) is 43.5 Å². The Hall–Kier alpha value is -4.14. The third kappa shape index (κ3) is 8.56. The largest absolute Gasteiger partial charge is 0.374 e. The first-order valence-electron chi connectivity index (χ1n) is 15.8. The molecule has 1 saturated heterocycles. The van der Waals surface area contributed by atoms with E-state index < -0.39 is 36.8 Å². The van der Waals surface area contributed by atoms with Gasteiger partial charge in [0, 0.05) is 0 Å². The van der Waals surface area contributed by atoms with E-state index in [0.29, 0.717) is 19.8 Å². The monoisotopic (exact) mass is 616 g/mol. The van der Waals surface area contributed by atoms with Crippen molar-refractivity contribution in [2.24, 2.45) is 0 Å². The predicted molar refractivity (Wildman–Crippen MR) is 177 cm³/mol. The zero-order valence-corrected chi connectivity index (χ0v) is 25.7. The lowest BCUT2D eigenvalue weighted by Gasteiger charge is -2.45. The molecule has 1 N–H and O–H groups in total. The third-order valence-corrected chi connectivity index (χ3v) is 8.07. The van der Waals surface area contributed by atoms with Gasteiger partial charge in [0.2, 0.25) is 0 Å². The Morgan fingerprint density at radius 2 is 0.913 bits per heavy atom. The molecule has 1 heterocycles. The second-order valence-electron chi connectivity index (χ2n) is 11.4. The van der Waals surface area contributed by atoms with Crippen LogP contribution in [0.4, 0.5) is 0 Å². The van der Waals surface area contributed by atoms with Crippen LogP contribution in [0, 0.1) is 0 Å². The van der Waals surface area contributed by atoms with Gasteiger partial charge in [-0.15, -0.1) is 0 Å². The highest BCUT2D eigenvalue weighted by Gasteiger charge is 2.49. The van der Waals surface area contributed by atoms with Crippen LogP contribution < -0.4 is 0 Å². The molecule has 236 valence electrons. The number of ether oxygens (including phenoxy) is 5. The maximum atomic E-state index is 11.6. The molecule has 5 aromatic carbocycles. The molecule has 46 heavy (non-hydrogen) atoms. The Bertz CT molecular complexity index is 1510. The number of benzene rings is 5. The van der Waals surface area contributed by atoms with Gasteiger partial charge in [-0.05, 0) is 27.8 Å². The lowest BCUT2D eigenvalue weighted by molar-refractivity contribution is -0.320. The Morgan fingerprint density at radius 3 is 1.39 bits per heavy atom. The van der Waals surface area contributed by atoms with Gasteiger partial charge in [-0.2, -0.15) is 0 Å². The molecule has 0 amide bonds. The summed E-state index contributed by atoms with van der Waals surface area (Å²) in [5.74, 6) is 0. The molecule has 5 atom stereocenters. The second kappa shape index (κ2) is 16.4. The molecular formula is C40H40O6. The average molecular weight is 617 g/mol. The van der Waals surface area contributed by atoms with Crippen molar-refractivity contribution in [3.8, 4) is 0 Å². The van der Waals surface area contributed by atoms with Crippen LogP contribution in [0.25, 0.3) is 0 Å². The molecule has 0 spiro atoms. The maximum Gasteiger partial charge on any atom is 0.184 e. The van der Waals surface area contributed by atoms with E-state index in [4.69, 9.17) is 23.7 Å². The summed E-state index contributed by atoms with van der Waals surface area (Å²) < 4.78 is 32.6. The molecule has 0 aromatic heterocycles. The van der Waals surface area contributed by atoms with E-state index in [1.807, 2.05) is 152 Å². The highest BCUT2D eigenvalue weighted by Crippen LogP contribution is 2.35. The molecule has 1 fully saturated rings. The summed E-state index contributed by atoms with van der Waals surface area (Å²) >= 11 is 0. The third-order valence-electron chi connectivity index (χ3n) is 8.07. The van der Waals surface area contributed by atoms with Gasteiger partial charge in [-0.3, -0.25) is 0 Å². The standard InChI is InChI=1S/C40H40O6/c41-40-39(46-36(33-22-12-4-13-23-33)34-24-14-5-15-25-34)38(44-28-32-20-10-3-11-21-32)37(43-27-31-18-8-2-9-19-31)35(45-40)29-42-26-30-16-6-1-7-17-30/h1-25,35-41H,26-29H2/t35-,37-,38+,39-,40-/m1/s1. The van der Waals surface area contributed by atoms with Gasteiger partial charge in [0.05, 0.1) is 26.4 Å². The van der Waals surface area contributed by atoms with Crippen LogP contribution in [0.15, 0.2) is 152 Å². The van der Waals surface area contributed by atoms with Gasteiger partial charge in [-0.25, -0.2) is 0 Å². The zero-order chi connectivity index (χ0) is 31.4. The van der Waals surface area contributed by atoms with E-state index in [9.17, 15) is 5.11 Å². The molecule has 0 aliphatic carbocycles. The smallest absolute Gasteiger partial charge is 0.184 e. The Labute approximate surface area is 271 Å². The molecule has 6 heteroatoms. The van der Waals surface area contributed by atoms with Gasteiger partial charge in [0.1, 0.15) is 30.5 Å². The zero-order valence-electron chi connectivity index (χ0n) is 25.7. The number of rotatable bonds is 14. The summed E-state index contributed by atoms with van der Waals surface area (Å²) in [6.07, 6.45) is -4.56. The first-order chi connectivity index (χ1) is 22.7. The van der Waals surface area contributed by atoms with Gasteiger partial charge in [-0.1, -0.05) is 152 Å². The van der Waals surface area contributed by atoms with Crippen molar-refractivity contribution in [2.75, 3.05) is 6.61 Å². The van der Waals surface area contributed by atoms with Gasteiger partial charge in [0.15, 0.2) is 6.29 Å². The van der Waals surface area contributed by atoms with Gasteiger partial charge < -0.3 is 28.8 Å². The van der Waals surface area contributed by atoms with E-state index in [-0.39, 0.29) is 6.61 Å².